The molecule has 1 atom stereocenters. The number of hydrogen-bond donors (Lipinski definition) is 1. The summed E-state index contributed by atoms with van der Waals surface area (Å²) < 4.78 is 10.5. The van der Waals surface area contributed by atoms with E-state index in [2.05, 4.69) is 0 Å². The summed E-state index contributed by atoms with van der Waals surface area (Å²) in [4.78, 5) is 10.8. The second kappa shape index (κ2) is 5.51. The molecule has 1 rings (SSSR count). The lowest BCUT2D eigenvalue weighted by Crippen LogP contribution is -2.18. The van der Waals surface area contributed by atoms with Crippen LogP contribution in [-0.2, 0) is 4.74 Å². The highest BCUT2D eigenvalue weighted by molar-refractivity contribution is 5.89. The van der Waals surface area contributed by atoms with E-state index in [9.17, 15) is 4.79 Å². The Hall–Kier alpha value is -1.55. The minimum absolute atomic E-state index is 0.0555. The molecule has 0 saturated heterocycles. The Morgan fingerprint density at radius 3 is 2.69 bits per heavy atom. The third-order valence-electron chi connectivity index (χ3n) is 2.17. The fourth-order valence-electron chi connectivity index (χ4n) is 1.45. The van der Waals surface area contributed by atoms with Gasteiger partial charge in [-0.05, 0) is 37.6 Å². The number of aromatic carboxylic acids is 1. The Balaban J connectivity index is 2.77. The number of methoxy groups -OCH3 is 1. The first-order valence-corrected chi connectivity index (χ1v) is 5.04. The van der Waals surface area contributed by atoms with Gasteiger partial charge < -0.3 is 14.6 Å². The highest BCUT2D eigenvalue weighted by atomic mass is 16.5. The zero-order chi connectivity index (χ0) is 12.1. The molecule has 4 heteroatoms. The molecule has 1 aromatic carbocycles. The van der Waals surface area contributed by atoms with E-state index < -0.39 is 5.97 Å². The smallest absolute Gasteiger partial charge is 0.335 e. The highest BCUT2D eigenvalue weighted by Crippen LogP contribution is 2.18. The van der Waals surface area contributed by atoms with Gasteiger partial charge in [-0.15, -0.1) is 0 Å². The van der Waals surface area contributed by atoms with Crippen molar-refractivity contribution in [2.75, 3.05) is 13.7 Å². The molecule has 0 fully saturated rings. The summed E-state index contributed by atoms with van der Waals surface area (Å²) in [5, 5.41) is 8.86. The molecule has 0 aliphatic rings. The van der Waals surface area contributed by atoms with Crippen molar-refractivity contribution < 1.29 is 19.4 Å². The van der Waals surface area contributed by atoms with Gasteiger partial charge in [0, 0.05) is 7.11 Å². The van der Waals surface area contributed by atoms with E-state index in [1.54, 1.807) is 32.2 Å². The predicted octanol–water partition coefficient (Wildman–Crippen LogP) is 2.11. The fourth-order valence-corrected chi connectivity index (χ4v) is 1.45. The van der Waals surface area contributed by atoms with E-state index in [-0.39, 0.29) is 6.10 Å². The number of rotatable bonds is 5. The molecule has 0 amide bonds. The number of benzene rings is 1. The minimum Gasteiger partial charge on any atom is -0.488 e. The lowest BCUT2D eigenvalue weighted by atomic mass is 10.1. The van der Waals surface area contributed by atoms with Crippen LogP contribution in [0.5, 0.6) is 5.75 Å². The lowest BCUT2D eigenvalue weighted by molar-refractivity contribution is 0.0696. The van der Waals surface area contributed by atoms with Crippen molar-refractivity contribution in [2.45, 2.75) is 20.0 Å². The fraction of sp³-hybridized carbons (Fsp3) is 0.417. The van der Waals surface area contributed by atoms with Crippen molar-refractivity contribution in [1.82, 2.24) is 0 Å². The molecule has 0 aliphatic heterocycles. The predicted molar refractivity (Wildman–Crippen MR) is 60.1 cm³/mol. The standard InChI is InChI=1S/C12H16O4/c1-8-6-10(16-9(2)7-15-3)4-5-11(8)12(13)14/h4-6,9H,7H2,1-3H3,(H,13,14)/t9-/m1/s1. The van der Waals surface area contributed by atoms with E-state index in [1.807, 2.05) is 6.92 Å². The molecular weight excluding hydrogens is 208 g/mol. The third-order valence-corrected chi connectivity index (χ3v) is 2.17. The maximum Gasteiger partial charge on any atom is 0.335 e. The Labute approximate surface area is 94.8 Å². The van der Waals surface area contributed by atoms with Crippen molar-refractivity contribution in [3.63, 3.8) is 0 Å². The lowest BCUT2D eigenvalue weighted by Gasteiger charge is -2.14. The van der Waals surface area contributed by atoms with Gasteiger partial charge in [0.1, 0.15) is 11.9 Å². The molecule has 1 aromatic rings. The highest BCUT2D eigenvalue weighted by Gasteiger charge is 2.09. The summed E-state index contributed by atoms with van der Waals surface area (Å²) in [5.74, 6) is -0.263. The van der Waals surface area contributed by atoms with Crippen molar-refractivity contribution in [3.05, 3.63) is 29.3 Å². The summed E-state index contributed by atoms with van der Waals surface area (Å²) in [6.07, 6.45) is -0.0555. The minimum atomic E-state index is -0.922. The quantitative estimate of drug-likeness (QED) is 0.832. The van der Waals surface area contributed by atoms with Gasteiger partial charge in [-0.25, -0.2) is 4.79 Å². The van der Waals surface area contributed by atoms with Crippen molar-refractivity contribution in [2.24, 2.45) is 0 Å². The second-order valence-electron chi connectivity index (χ2n) is 3.67. The Bertz CT molecular complexity index is 373. The van der Waals surface area contributed by atoms with Crippen LogP contribution < -0.4 is 4.74 Å². The summed E-state index contributed by atoms with van der Waals surface area (Å²) in [7, 11) is 1.61. The number of ether oxygens (including phenoxy) is 2. The Morgan fingerprint density at radius 2 is 2.19 bits per heavy atom. The van der Waals surface area contributed by atoms with Gasteiger partial charge in [0.2, 0.25) is 0 Å². The zero-order valence-corrected chi connectivity index (χ0v) is 9.69. The normalized spacial score (nSPS) is 12.2. The van der Waals surface area contributed by atoms with Crippen LogP contribution in [0, 0.1) is 6.92 Å². The molecule has 4 nitrogen and oxygen atoms in total. The van der Waals surface area contributed by atoms with Crippen LogP contribution in [0.25, 0.3) is 0 Å². The molecule has 0 spiro atoms. The first-order valence-electron chi connectivity index (χ1n) is 5.04. The molecule has 0 radical (unpaired) electrons. The van der Waals surface area contributed by atoms with Gasteiger partial charge in [0.15, 0.2) is 0 Å². The van der Waals surface area contributed by atoms with Crippen LogP contribution in [-0.4, -0.2) is 30.9 Å². The zero-order valence-electron chi connectivity index (χ0n) is 9.69. The van der Waals surface area contributed by atoms with E-state index in [4.69, 9.17) is 14.6 Å². The van der Waals surface area contributed by atoms with E-state index in [0.717, 1.165) is 0 Å². The van der Waals surface area contributed by atoms with Gasteiger partial charge in [0.25, 0.3) is 0 Å². The molecule has 0 unspecified atom stereocenters. The molecule has 88 valence electrons. The average Bonchev–Trinajstić information content (AvgIpc) is 2.17. The number of hydrogen-bond acceptors (Lipinski definition) is 3. The maximum absolute atomic E-state index is 10.8. The van der Waals surface area contributed by atoms with Crippen molar-refractivity contribution in [1.29, 1.82) is 0 Å². The van der Waals surface area contributed by atoms with Gasteiger partial charge in [-0.3, -0.25) is 0 Å². The van der Waals surface area contributed by atoms with Crippen LogP contribution in [0.4, 0.5) is 0 Å². The van der Waals surface area contributed by atoms with E-state index in [1.165, 1.54) is 0 Å². The summed E-state index contributed by atoms with van der Waals surface area (Å²) in [6.45, 7) is 4.14. The number of carboxylic acid groups (broad SMARTS) is 1. The number of aryl methyl sites for hydroxylation is 1. The van der Waals surface area contributed by atoms with Crippen LogP contribution in [0.1, 0.15) is 22.8 Å². The largest absolute Gasteiger partial charge is 0.488 e. The Morgan fingerprint density at radius 1 is 1.50 bits per heavy atom. The molecule has 1 N–H and O–H groups in total. The molecule has 0 aromatic heterocycles. The monoisotopic (exact) mass is 224 g/mol. The van der Waals surface area contributed by atoms with Crippen LogP contribution >= 0.6 is 0 Å². The SMILES string of the molecule is COC[C@@H](C)Oc1ccc(C(=O)O)c(C)c1. The molecule has 16 heavy (non-hydrogen) atoms. The van der Waals surface area contributed by atoms with Crippen LogP contribution in [0.3, 0.4) is 0 Å². The maximum atomic E-state index is 10.8. The van der Waals surface area contributed by atoms with Gasteiger partial charge in [-0.1, -0.05) is 0 Å². The molecule has 0 saturated carbocycles. The van der Waals surface area contributed by atoms with E-state index >= 15 is 0 Å². The number of carboxylic acids is 1. The molecule has 0 aliphatic carbocycles. The van der Waals surface area contributed by atoms with E-state index in [0.29, 0.717) is 23.5 Å². The van der Waals surface area contributed by atoms with Crippen molar-refractivity contribution in [3.8, 4) is 5.75 Å². The number of carbonyl (C=O) groups is 1. The average molecular weight is 224 g/mol. The third kappa shape index (κ3) is 3.24. The Kier molecular flexibility index (Phi) is 4.31. The second-order valence-corrected chi connectivity index (χ2v) is 3.67. The summed E-state index contributed by atoms with van der Waals surface area (Å²) in [6, 6.07) is 4.92. The topological polar surface area (TPSA) is 55.8 Å². The van der Waals surface area contributed by atoms with Gasteiger partial charge in [0.05, 0.1) is 12.2 Å². The van der Waals surface area contributed by atoms with Crippen LogP contribution in [0.15, 0.2) is 18.2 Å². The van der Waals surface area contributed by atoms with Gasteiger partial charge >= 0.3 is 5.97 Å². The molecular formula is C12H16O4. The molecule has 0 bridgehead atoms. The summed E-state index contributed by atoms with van der Waals surface area (Å²) in [5.41, 5.74) is 0.987. The van der Waals surface area contributed by atoms with Crippen molar-refractivity contribution >= 4 is 5.97 Å². The molecule has 0 heterocycles. The van der Waals surface area contributed by atoms with Gasteiger partial charge in [-0.2, -0.15) is 0 Å². The first-order chi connectivity index (χ1) is 7.54. The first kappa shape index (κ1) is 12.5. The van der Waals surface area contributed by atoms with Crippen LogP contribution in [0.2, 0.25) is 0 Å². The summed E-state index contributed by atoms with van der Waals surface area (Å²) >= 11 is 0.